The van der Waals surface area contributed by atoms with Crippen LogP contribution in [0.1, 0.15) is 23.6 Å². The minimum absolute atomic E-state index is 0.429. The van der Waals surface area contributed by atoms with Crippen molar-refractivity contribution in [2.24, 2.45) is 0 Å². The first-order valence-electron chi connectivity index (χ1n) is 9.22. The van der Waals surface area contributed by atoms with Crippen LogP contribution in [0.2, 0.25) is 10.0 Å². The highest BCUT2D eigenvalue weighted by atomic mass is 127. The smallest absolute Gasteiger partial charge is 0.175 e. The molecule has 0 aliphatic rings. The number of hydrogen-bond acceptors (Lipinski definition) is 3. The topological polar surface area (TPSA) is 42.2 Å². The molecule has 0 N–H and O–H groups in total. The van der Waals surface area contributed by atoms with Crippen LogP contribution >= 0.6 is 45.8 Å². The van der Waals surface area contributed by atoms with E-state index in [2.05, 4.69) is 28.7 Å². The van der Waals surface area contributed by atoms with Crippen molar-refractivity contribution >= 4 is 57.4 Å². The molecular formula is C24H18Cl2INO2. The second kappa shape index (κ2) is 10.7. The minimum atomic E-state index is 0.429. The summed E-state index contributed by atoms with van der Waals surface area (Å²) < 4.78 is 12.8. The first-order chi connectivity index (χ1) is 14.5. The van der Waals surface area contributed by atoms with Crippen molar-refractivity contribution in [1.82, 2.24) is 0 Å². The molecule has 0 saturated carbocycles. The van der Waals surface area contributed by atoms with Crippen molar-refractivity contribution in [1.29, 1.82) is 5.26 Å². The predicted octanol–water partition coefficient (Wildman–Crippen LogP) is 7.64. The molecule has 3 aromatic carbocycles. The Hall–Kier alpha value is -2.20. The summed E-state index contributed by atoms with van der Waals surface area (Å²) in [7, 11) is 0. The van der Waals surface area contributed by atoms with E-state index in [0.29, 0.717) is 45.9 Å². The minimum Gasteiger partial charge on any atom is -0.490 e. The predicted molar refractivity (Wildman–Crippen MR) is 131 cm³/mol. The molecule has 0 radical (unpaired) electrons. The van der Waals surface area contributed by atoms with Gasteiger partial charge in [0.1, 0.15) is 6.61 Å². The Labute approximate surface area is 200 Å². The maximum atomic E-state index is 9.67. The number of halogens is 3. The van der Waals surface area contributed by atoms with Gasteiger partial charge < -0.3 is 9.47 Å². The largest absolute Gasteiger partial charge is 0.490 e. The molecule has 0 heterocycles. The third-order valence-electron chi connectivity index (χ3n) is 4.21. The Morgan fingerprint density at radius 1 is 1.07 bits per heavy atom. The SMILES string of the molecule is CCOc1cc(/C=C(\C#N)c2ccc(Cl)cc2Cl)cc(I)c1OCc1ccccc1. The zero-order valence-electron chi connectivity index (χ0n) is 16.2. The molecule has 3 rings (SSSR count). The molecule has 152 valence electrons. The van der Waals surface area contributed by atoms with Crippen LogP contribution in [0.3, 0.4) is 0 Å². The van der Waals surface area contributed by atoms with Crippen molar-refractivity contribution in [3.63, 3.8) is 0 Å². The lowest BCUT2D eigenvalue weighted by molar-refractivity contribution is 0.267. The molecule has 0 bridgehead atoms. The van der Waals surface area contributed by atoms with Crippen molar-refractivity contribution in [2.75, 3.05) is 6.61 Å². The van der Waals surface area contributed by atoms with Gasteiger partial charge in [0, 0.05) is 10.6 Å². The van der Waals surface area contributed by atoms with Crippen LogP contribution in [0, 0.1) is 14.9 Å². The maximum Gasteiger partial charge on any atom is 0.175 e. The number of hydrogen-bond donors (Lipinski definition) is 0. The summed E-state index contributed by atoms with van der Waals surface area (Å²) in [5, 5.41) is 10.6. The molecule has 0 fully saturated rings. The lowest BCUT2D eigenvalue weighted by Crippen LogP contribution is -2.02. The molecule has 0 amide bonds. The van der Waals surface area contributed by atoms with Gasteiger partial charge in [0.15, 0.2) is 11.5 Å². The Balaban J connectivity index is 1.95. The van der Waals surface area contributed by atoms with E-state index in [-0.39, 0.29) is 0 Å². The van der Waals surface area contributed by atoms with Crippen LogP contribution in [0.15, 0.2) is 60.7 Å². The van der Waals surface area contributed by atoms with E-state index in [4.69, 9.17) is 32.7 Å². The fourth-order valence-electron chi connectivity index (χ4n) is 2.85. The zero-order chi connectivity index (χ0) is 21.5. The third-order valence-corrected chi connectivity index (χ3v) is 5.56. The molecule has 3 aromatic rings. The van der Waals surface area contributed by atoms with Gasteiger partial charge in [-0.3, -0.25) is 0 Å². The van der Waals surface area contributed by atoms with Gasteiger partial charge in [-0.1, -0.05) is 59.6 Å². The molecule has 0 aromatic heterocycles. The highest BCUT2D eigenvalue weighted by Crippen LogP contribution is 2.36. The average molecular weight is 550 g/mol. The second-order valence-corrected chi connectivity index (χ2v) is 8.34. The van der Waals surface area contributed by atoms with E-state index in [1.807, 2.05) is 49.4 Å². The zero-order valence-corrected chi connectivity index (χ0v) is 19.8. The summed E-state index contributed by atoms with van der Waals surface area (Å²) in [5.41, 5.74) is 2.95. The Morgan fingerprint density at radius 2 is 1.83 bits per heavy atom. The summed E-state index contributed by atoms with van der Waals surface area (Å²) in [6.45, 7) is 2.86. The molecule has 0 spiro atoms. The molecule has 0 unspecified atom stereocenters. The summed E-state index contributed by atoms with van der Waals surface area (Å²) >= 11 is 14.5. The normalized spacial score (nSPS) is 11.1. The molecule has 0 saturated heterocycles. The summed E-state index contributed by atoms with van der Waals surface area (Å²) in [5.74, 6) is 1.31. The van der Waals surface area contributed by atoms with E-state index in [1.54, 1.807) is 24.3 Å². The molecular weight excluding hydrogens is 532 g/mol. The lowest BCUT2D eigenvalue weighted by atomic mass is 10.0. The van der Waals surface area contributed by atoms with Crippen LogP contribution in [0.4, 0.5) is 0 Å². The van der Waals surface area contributed by atoms with Crippen LogP contribution < -0.4 is 9.47 Å². The number of allylic oxidation sites excluding steroid dienone is 1. The standard InChI is InChI=1S/C24H18Cl2INO2/c1-2-29-23-12-17(10-18(14-28)20-9-8-19(25)13-21(20)26)11-22(27)24(23)30-15-16-6-4-3-5-7-16/h3-13H,2,15H2,1H3/b18-10+. The number of rotatable bonds is 7. The van der Waals surface area contributed by atoms with E-state index in [1.165, 1.54) is 0 Å². The van der Waals surface area contributed by atoms with Gasteiger partial charge in [0.2, 0.25) is 0 Å². The first kappa shape index (κ1) is 22.5. The van der Waals surface area contributed by atoms with Gasteiger partial charge in [0.25, 0.3) is 0 Å². The Bertz CT molecular complexity index is 1110. The second-order valence-electron chi connectivity index (χ2n) is 6.33. The van der Waals surface area contributed by atoms with E-state index in [9.17, 15) is 5.26 Å². The number of benzene rings is 3. The van der Waals surface area contributed by atoms with E-state index >= 15 is 0 Å². The fourth-order valence-corrected chi connectivity index (χ4v) is 4.14. The number of nitriles is 1. The molecule has 3 nitrogen and oxygen atoms in total. The summed E-state index contributed by atoms with van der Waals surface area (Å²) in [4.78, 5) is 0. The first-order valence-corrected chi connectivity index (χ1v) is 11.1. The van der Waals surface area contributed by atoms with Crippen molar-refractivity contribution < 1.29 is 9.47 Å². The van der Waals surface area contributed by atoms with E-state index in [0.717, 1.165) is 14.7 Å². The molecule has 6 heteroatoms. The molecule has 30 heavy (non-hydrogen) atoms. The van der Waals surface area contributed by atoms with Gasteiger partial charge >= 0.3 is 0 Å². The van der Waals surface area contributed by atoms with Crippen molar-refractivity contribution in [2.45, 2.75) is 13.5 Å². The van der Waals surface area contributed by atoms with Crippen LogP contribution in [0.25, 0.3) is 11.6 Å². The molecule has 0 atom stereocenters. The van der Waals surface area contributed by atoms with Crippen LogP contribution in [-0.2, 0) is 6.61 Å². The van der Waals surface area contributed by atoms with Gasteiger partial charge in [-0.2, -0.15) is 5.26 Å². The van der Waals surface area contributed by atoms with E-state index < -0.39 is 0 Å². The Morgan fingerprint density at radius 3 is 2.50 bits per heavy atom. The van der Waals surface area contributed by atoms with Crippen LogP contribution in [-0.4, -0.2) is 6.61 Å². The van der Waals surface area contributed by atoms with Crippen LogP contribution in [0.5, 0.6) is 11.5 Å². The van der Waals surface area contributed by atoms with Gasteiger partial charge in [-0.15, -0.1) is 0 Å². The quantitative estimate of drug-likeness (QED) is 0.173. The van der Waals surface area contributed by atoms with Gasteiger partial charge in [0.05, 0.1) is 26.8 Å². The maximum absolute atomic E-state index is 9.67. The average Bonchev–Trinajstić information content (AvgIpc) is 2.73. The Kier molecular flexibility index (Phi) is 8.03. The van der Waals surface area contributed by atoms with Gasteiger partial charge in [-0.25, -0.2) is 0 Å². The summed E-state index contributed by atoms with van der Waals surface area (Å²) in [6, 6.07) is 21.1. The van der Waals surface area contributed by atoms with Crippen molar-refractivity contribution in [3.05, 3.63) is 91.0 Å². The highest BCUT2D eigenvalue weighted by molar-refractivity contribution is 14.1. The highest BCUT2D eigenvalue weighted by Gasteiger charge is 2.14. The fraction of sp³-hybridized carbons (Fsp3) is 0.125. The summed E-state index contributed by atoms with van der Waals surface area (Å²) in [6.07, 6.45) is 1.78. The third kappa shape index (κ3) is 5.69. The molecule has 0 aliphatic heterocycles. The number of nitrogens with zero attached hydrogens (tertiary/aromatic N) is 1. The van der Waals surface area contributed by atoms with Crippen molar-refractivity contribution in [3.8, 4) is 17.6 Å². The van der Waals surface area contributed by atoms with Gasteiger partial charge in [-0.05, 0) is 71.0 Å². The lowest BCUT2D eigenvalue weighted by Gasteiger charge is -2.15. The monoisotopic (exact) mass is 549 g/mol. The molecule has 0 aliphatic carbocycles. The number of ether oxygens (including phenoxy) is 2.